The third-order valence-corrected chi connectivity index (χ3v) is 7.47. The fourth-order valence-electron chi connectivity index (χ4n) is 4.18. The van der Waals surface area contributed by atoms with Gasteiger partial charge in [0.2, 0.25) is 11.9 Å². The summed E-state index contributed by atoms with van der Waals surface area (Å²) in [4.78, 5) is 16.7. The number of hydrogen-bond donors (Lipinski definition) is 3. The molecule has 228 valence electrons. The van der Waals surface area contributed by atoms with Crippen LogP contribution in [-0.4, -0.2) is 48.0 Å². The van der Waals surface area contributed by atoms with Crippen molar-refractivity contribution in [2.24, 2.45) is 5.73 Å². The zero-order valence-electron chi connectivity index (χ0n) is 22.8. The molecule has 5 aromatic rings. The molecule has 44 heavy (non-hydrogen) atoms. The van der Waals surface area contributed by atoms with Crippen LogP contribution in [0.5, 0.6) is 5.75 Å². The Morgan fingerprint density at radius 2 is 1.73 bits per heavy atom. The summed E-state index contributed by atoms with van der Waals surface area (Å²) in [6.45, 7) is -1.63. The molecule has 0 aliphatic carbocycles. The molecule has 3 aromatic carbocycles. The van der Waals surface area contributed by atoms with Crippen molar-refractivity contribution in [2.45, 2.75) is 17.1 Å². The molecular weight excluding hydrogens is 604 g/mol. The Labute approximate surface area is 248 Å². The van der Waals surface area contributed by atoms with Crippen LogP contribution in [-0.2, 0) is 14.6 Å². The number of hydrogen-bond acceptors (Lipinski definition) is 8. The van der Waals surface area contributed by atoms with Gasteiger partial charge < -0.3 is 21.1 Å². The van der Waals surface area contributed by atoms with Gasteiger partial charge in [-0.2, -0.15) is 18.2 Å². The lowest BCUT2D eigenvalue weighted by Gasteiger charge is -2.14. The summed E-state index contributed by atoms with van der Waals surface area (Å²) in [5.74, 6) is -1.47. The van der Waals surface area contributed by atoms with Gasteiger partial charge in [0.15, 0.2) is 22.1 Å². The molecule has 10 nitrogen and oxygen atoms in total. The van der Waals surface area contributed by atoms with E-state index in [0.717, 1.165) is 23.4 Å². The molecule has 0 unspecified atom stereocenters. The minimum atomic E-state index is -4.64. The molecule has 1 amide bonds. The first-order chi connectivity index (χ1) is 20.8. The molecule has 2 aromatic heterocycles. The Balaban J connectivity index is 1.33. The van der Waals surface area contributed by atoms with Crippen LogP contribution in [0.1, 0.15) is 11.6 Å². The third kappa shape index (κ3) is 7.12. The average Bonchev–Trinajstić information content (AvgIpc) is 3.37. The van der Waals surface area contributed by atoms with Crippen molar-refractivity contribution in [1.29, 1.82) is 0 Å². The van der Waals surface area contributed by atoms with Gasteiger partial charge in [0.1, 0.15) is 17.6 Å². The fraction of sp³-hybridized carbons (Fsp3) is 0.138. The quantitative estimate of drug-likeness (QED) is 0.188. The number of alkyl halides is 3. The predicted octanol–water partition coefficient (Wildman–Crippen LogP) is 5.26. The number of nitrogens with two attached hydrogens (primary N) is 1. The molecule has 0 aliphatic rings. The molecule has 0 saturated carbocycles. The van der Waals surface area contributed by atoms with Gasteiger partial charge >= 0.3 is 6.18 Å². The maximum Gasteiger partial charge on any atom is 0.422 e. The monoisotopic (exact) mass is 628 g/mol. The van der Waals surface area contributed by atoms with Gasteiger partial charge in [-0.3, -0.25) is 4.79 Å². The van der Waals surface area contributed by atoms with E-state index in [2.05, 4.69) is 20.7 Å². The molecule has 4 N–H and O–H groups in total. The van der Waals surface area contributed by atoms with Crippen LogP contribution in [0.3, 0.4) is 0 Å². The van der Waals surface area contributed by atoms with E-state index in [-0.39, 0.29) is 27.8 Å². The van der Waals surface area contributed by atoms with E-state index in [4.69, 9.17) is 10.5 Å². The number of amides is 1. The SMILES string of the molecule is CS(=O)(=O)c1ccc(Nc2nc3ccc(-c4ccc(NC(=O)[C@@H](N)c5ccccc5F)cc4)cn3n2)c(OCC(F)(F)F)c1. The van der Waals surface area contributed by atoms with Gasteiger partial charge in [0.05, 0.1) is 10.6 Å². The van der Waals surface area contributed by atoms with Gasteiger partial charge in [0.25, 0.3) is 0 Å². The van der Waals surface area contributed by atoms with Crippen LogP contribution in [0, 0.1) is 5.82 Å². The Morgan fingerprint density at radius 1 is 1.02 bits per heavy atom. The van der Waals surface area contributed by atoms with E-state index < -0.39 is 40.4 Å². The van der Waals surface area contributed by atoms with Crippen molar-refractivity contribution < 1.29 is 35.5 Å². The van der Waals surface area contributed by atoms with Crippen LogP contribution in [0.15, 0.2) is 90.0 Å². The number of pyridine rings is 1. The average molecular weight is 629 g/mol. The molecule has 0 spiro atoms. The summed E-state index contributed by atoms with van der Waals surface area (Å²) in [5, 5.41) is 9.77. The van der Waals surface area contributed by atoms with Gasteiger partial charge in [-0.05, 0) is 48.0 Å². The highest BCUT2D eigenvalue weighted by Gasteiger charge is 2.29. The van der Waals surface area contributed by atoms with E-state index >= 15 is 0 Å². The second-order valence-electron chi connectivity index (χ2n) is 9.68. The first-order valence-electron chi connectivity index (χ1n) is 12.9. The third-order valence-electron chi connectivity index (χ3n) is 6.36. The predicted molar refractivity (Wildman–Crippen MR) is 155 cm³/mol. The van der Waals surface area contributed by atoms with Crippen molar-refractivity contribution in [3.8, 4) is 16.9 Å². The topological polar surface area (TPSA) is 141 Å². The van der Waals surface area contributed by atoms with Crippen molar-refractivity contribution in [3.63, 3.8) is 0 Å². The number of nitrogens with one attached hydrogen (secondary N) is 2. The molecule has 0 aliphatic heterocycles. The lowest BCUT2D eigenvalue weighted by atomic mass is 10.1. The molecule has 5 rings (SSSR count). The molecule has 0 bridgehead atoms. The Bertz CT molecular complexity index is 1950. The largest absolute Gasteiger partial charge is 0.482 e. The number of nitrogens with zero attached hydrogens (tertiary/aromatic N) is 3. The van der Waals surface area contributed by atoms with Crippen LogP contribution in [0.4, 0.5) is 34.9 Å². The van der Waals surface area contributed by atoms with E-state index in [9.17, 15) is 30.8 Å². The normalized spacial score (nSPS) is 12.6. The van der Waals surface area contributed by atoms with Crippen LogP contribution >= 0.6 is 0 Å². The zero-order valence-corrected chi connectivity index (χ0v) is 23.7. The number of carbonyl (C=O) groups excluding carboxylic acids is 1. The summed E-state index contributed by atoms with van der Waals surface area (Å²) in [6.07, 6.45) is -2.05. The smallest absolute Gasteiger partial charge is 0.422 e. The highest BCUT2D eigenvalue weighted by molar-refractivity contribution is 7.90. The Kier molecular flexibility index (Phi) is 8.25. The van der Waals surface area contributed by atoms with E-state index in [1.54, 1.807) is 48.7 Å². The van der Waals surface area contributed by atoms with Crippen LogP contribution in [0.2, 0.25) is 0 Å². The standard InChI is InChI=1S/C29H24F4N6O4S/c1-44(41,42)20-11-12-23(24(14-20)43-16-29(31,32)33)36-28-37-25-13-8-18(15-39(25)38-28)17-6-9-19(10-7-17)35-27(40)26(34)21-4-2-3-5-22(21)30/h2-15,26H,16,34H2,1H3,(H,35,40)(H,36,38)/t26-/m0/s1. The first kappa shape index (κ1) is 30.4. The number of fused-ring (bicyclic) bond motifs is 1. The van der Waals surface area contributed by atoms with Gasteiger partial charge in [-0.15, -0.1) is 5.10 Å². The number of benzene rings is 3. The number of anilines is 3. The lowest BCUT2D eigenvalue weighted by Crippen LogP contribution is -2.28. The number of halogens is 4. The number of sulfone groups is 1. The summed E-state index contributed by atoms with van der Waals surface area (Å²) in [6, 6.07) is 18.3. The van der Waals surface area contributed by atoms with Crippen molar-refractivity contribution in [1.82, 2.24) is 14.6 Å². The van der Waals surface area contributed by atoms with Gasteiger partial charge in [0, 0.05) is 35.3 Å². The fourth-order valence-corrected chi connectivity index (χ4v) is 4.81. The highest BCUT2D eigenvalue weighted by Crippen LogP contribution is 2.32. The van der Waals surface area contributed by atoms with Gasteiger partial charge in [-0.25, -0.2) is 17.3 Å². The molecular formula is C29H24F4N6O4S. The van der Waals surface area contributed by atoms with E-state index in [0.29, 0.717) is 11.3 Å². The number of carbonyl (C=O) groups is 1. The Hall–Kier alpha value is -5.02. The summed E-state index contributed by atoms with van der Waals surface area (Å²) in [5.41, 5.74) is 8.37. The maximum atomic E-state index is 14.0. The summed E-state index contributed by atoms with van der Waals surface area (Å²) >= 11 is 0. The van der Waals surface area contributed by atoms with Crippen LogP contribution in [0.25, 0.3) is 16.8 Å². The Morgan fingerprint density at radius 3 is 2.41 bits per heavy atom. The van der Waals surface area contributed by atoms with Crippen molar-refractivity contribution in [3.05, 3.63) is 96.4 Å². The second-order valence-corrected chi connectivity index (χ2v) is 11.7. The first-order valence-corrected chi connectivity index (χ1v) is 14.7. The van der Waals surface area contributed by atoms with E-state index in [1.807, 2.05) is 0 Å². The molecule has 0 radical (unpaired) electrons. The highest BCUT2D eigenvalue weighted by atomic mass is 32.2. The lowest BCUT2D eigenvalue weighted by molar-refractivity contribution is -0.153. The minimum Gasteiger partial charge on any atom is -0.482 e. The summed E-state index contributed by atoms with van der Waals surface area (Å²) in [7, 11) is -3.71. The van der Waals surface area contributed by atoms with Crippen molar-refractivity contribution in [2.75, 3.05) is 23.5 Å². The van der Waals surface area contributed by atoms with Gasteiger partial charge in [-0.1, -0.05) is 30.3 Å². The molecule has 0 saturated heterocycles. The molecule has 15 heteroatoms. The van der Waals surface area contributed by atoms with E-state index in [1.165, 1.54) is 34.8 Å². The van der Waals surface area contributed by atoms with Crippen molar-refractivity contribution >= 4 is 38.7 Å². The molecule has 1 atom stereocenters. The number of rotatable bonds is 9. The summed E-state index contributed by atoms with van der Waals surface area (Å²) < 4.78 is 82.6. The number of aromatic nitrogens is 3. The zero-order chi connectivity index (χ0) is 31.6. The minimum absolute atomic E-state index is 0.0235. The maximum absolute atomic E-state index is 14.0. The number of ether oxygens (including phenoxy) is 1. The van der Waals surface area contributed by atoms with Crippen LogP contribution < -0.4 is 21.1 Å². The molecule has 2 heterocycles. The molecule has 0 fully saturated rings. The second kappa shape index (κ2) is 11.9.